The molecule has 0 spiro atoms. The Morgan fingerprint density at radius 1 is 1.20 bits per heavy atom. The number of carboxylic acids is 1. The van der Waals surface area contributed by atoms with Gasteiger partial charge in [0.1, 0.15) is 0 Å². The molecule has 6 nitrogen and oxygen atoms in total. The lowest BCUT2D eigenvalue weighted by Crippen LogP contribution is -2.43. The van der Waals surface area contributed by atoms with Crippen LogP contribution in [0, 0.1) is 11.8 Å². The zero-order valence-corrected chi connectivity index (χ0v) is 14.8. The summed E-state index contributed by atoms with van der Waals surface area (Å²) in [5, 5.41) is 10.2. The number of piperidine rings is 1. The van der Waals surface area contributed by atoms with E-state index in [1.807, 2.05) is 12.1 Å². The Morgan fingerprint density at radius 2 is 1.88 bits per heavy atom. The fourth-order valence-corrected chi connectivity index (χ4v) is 3.82. The lowest BCUT2D eigenvalue weighted by Gasteiger charge is -2.30. The summed E-state index contributed by atoms with van der Waals surface area (Å²) in [6, 6.07) is 7.10. The predicted molar refractivity (Wildman–Crippen MR) is 92.3 cm³/mol. The molecule has 1 aromatic rings. The number of rotatable bonds is 3. The highest BCUT2D eigenvalue weighted by molar-refractivity contribution is 6.30. The SMILES string of the molecule is CN1CCC(C(=O)N2C[C@@H](C(=O)O)[C@H](c3ccc(Cl)cc3)C2)CC1=O. The number of nitrogens with zero attached hydrogens (tertiary/aromatic N) is 2. The zero-order chi connectivity index (χ0) is 18.1. The molecule has 2 aliphatic heterocycles. The Balaban J connectivity index is 1.75. The summed E-state index contributed by atoms with van der Waals surface area (Å²) in [4.78, 5) is 39.6. The minimum atomic E-state index is -0.908. The van der Waals surface area contributed by atoms with E-state index in [2.05, 4.69) is 0 Å². The molecule has 134 valence electrons. The summed E-state index contributed by atoms with van der Waals surface area (Å²) < 4.78 is 0. The molecule has 7 heteroatoms. The fraction of sp³-hybridized carbons (Fsp3) is 0.500. The van der Waals surface area contributed by atoms with Crippen molar-refractivity contribution in [2.24, 2.45) is 11.8 Å². The van der Waals surface area contributed by atoms with Crippen LogP contribution in [0.1, 0.15) is 24.3 Å². The number of aliphatic carboxylic acids is 1. The van der Waals surface area contributed by atoms with Crippen LogP contribution in [0.15, 0.2) is 24.3 Å². The molecule has 1 aromatic carbocycles. The van der Waals surface area contributed by atoms with Crippen LogP contribution in [0.5, 0.6) is 0 Å². The summed E-state index contributed by atoms with van der Waals surface area (Å²) in [6.07, 6.45) is 0.829. The third-order valence-corrected chi connectivity index (χ3v) is 5.51. The first-order chi connectivity index (χ1) is 11.9. The molecule has 0 aromatic heterocycles. The minimum Gasteiger partial charge on any atom is -0.481 e. The minimum absolute atomic E-state index is 0.0344. The number of hydrogen-bond donors (Lipinski definition) is 1. The lowest BCUT2D eigenvalue weighted by molar-refractivity contribution is -0.145. The van der Waals surface area contributed by atoms with Crippen molar-refractivity contribution in [3.05, 3.63) is 34.9 Å². The van der Waals surface area contributed by atoms with E-state index in [-0.39, 0.29) is 36.6 Å². The van der Waals surface area contributed by atoms with Crippen molar-refractivity contribution < 1.29 is 19.5 Å². The second-order valence-corrected chi connectivity index (χ2v) is 7.29. The van der Waals surface area contributed by atoms with Crippen LogP contribution in [0.3, 0.4) is 0 Å². The highest BCUT2D eigenvalue weighted by Crippen LogP contribution is 2.35. The molecular formula is C18H21ClN2O4. The number of halogens is 1. The average Bonchev–Trinajstić information content (AvgIpc) is 3.03. The van der Waals surface area contributed by atoms with Gasteiger partial charge < -0.3 is 14.9 Å². The monoisotopic (exact) mass is 364 g/mol. The predicted octanol–water partition coefficient (Wildman–Crippen LogP) is 1.83. The van der Waals surface area contributed by atoms with Crippen molar-refractivity contribution in [1.82, 2.24) is 9.80 Å². The van der Waals surface area contributed by atoms with Crippen molar-refractivity contribution in [2.75, 3.05) is 26.7 Å². The third-order valence-electron chi connectivity index (χ3n) is 5.26. The molecule has 1 N–H and O–H groups in total. The van der Waals surface area contributed by atoms with E-state index in [0.717, 1.165) is 5.56 Å². The van der Waals surface area contributed by atoms with Gasteiger partial charge in [0.15, 0.2) is 0 Å². The first kappa shape index (κ1) is 17.7. The topological polar surface area (TPSA) is 77.9 Å². The Labute approximate surface area is 151 Å². The van der Waals surface area contributed by atoms with Gasteiger partial charge in [-0.15, -0.1) is 0 Å². The van der Waals surface area contributed by atoms with Gasteiger partial charge in [-0.1, -0.05) is 23.7 Å². The van der Waals surface area contributed by atoms with Crippen LogP contribution in [-0.4, -0.2) is 59.4 Å². The highest BCUT2D eigenvalue weighted by Gasteiger charge is 2.42. The van der Waals surface area contributed by atoms with Crippen molar-refractivity contribution >= 4 is 29.4 Å². The Kier molecular flexibility index (Phi) is 4.99. The molecular weight excluding hydrogens is 344 g/mol. The van der Waals surface area contributed by atoms with Crippen molar-refractivity contribution in [3.8, 4) is 0 Å². The highest BCUT2D eigenvalue weighted by atomic mass is 35.5. The number of carbonyl (C=O) groups excluding carboxylic acids is 2. The van der Waals surface area contributed by atoms with Gasteiger partial charge in [0.05, 0.1) is 5.92 Å². The third kappa shape index (κ3) is 3.63. The van der Waals surface area contributed by atoms with Gasteiger partial charge in [-0.3, -0.25) is 14.4 Å². The van der Waals surface area contributed by atoms with Gasteiger partial charge in [-0.2, -0.15) is 0 Å². The molecule has 0 saturated carbocycles. The molecule has 1 unspecified atom stereocenters. The van der Waals surface area contributed by atoms with Crippen molar-refractivity contribution in [2.45, 2.75) is 18.8 Å². The van der Waals surface area contributed by atoms with E-state index in [9.17, 15) is 19.5 Å². The number of likely N-dealkylation sites (tertiary alicyclic amines) is 2. The number of hydrogen-bond acceptors (Lipinski definition) is 3. The maximum atomic E-state index is 12.8. The molecule has 2 aliphatic rings. The summed E-state index contributed by atoms with van der Waals surface area (Å²) in [6.45, 7) is 1.10. The Hall–Kier alpha value is -2.08. The van der Waals surface area contributed by atoms with Crippen molar-refractivity contribution in [1.29, 1.82) is 0 Å². The summed E-state index contributed by atoms with van der Waals surface area (Å²) in [7, 11) is 1.73. The second-order valence-electron chi connectivity index (χ2n) is 6.85. The molecule has 3 rings (SSSR count). The van der Waals surface area contributed by atoms with Crippen LogP contribution in [0.4, 0.5) is 0 Å². The number of carbonyl (C=O) groups is 3. The smallest absolute Gasteiger partial charge is 0.308 e. The maximum absolute atomic E-state index is 12.8. The number of amides is 2. The van der Waals surface area contributed by atoms with Gasteiger partial charge in [0.2, 0.25) is 11.8 Å². The van der Waals surface area contributed by atoms with E-state index in [0.29, 0.717) is 24.5 Å². The Morgan fingerprint density at radius 3 is 2.48 bits per heavy atom. The van der Waals surface area contributed by atoms with Gasteiger partial charge in [0, 0.05) is 50.0 Å². The van der Waals surface area contributed by atoms with E-state index in [1.165, 1.54) is 0 Å². The van der Waals surface area contributed by atoms with E-state index >= 15 is 0 Å². The van der Waals surface area contributed by atoms with E-state index in [4.69, 9.17) is 11.6 Å². The maximum Gasteiger partial charge on any atom is 0.308 e. The van der Waals surface area contributed by atoms with Gasteiger partial charge in [0.25, 0.3) is 0 Å². The number of benzene rings is 1. The lowest BCUT2D eigenvalue weighted by atomic mass is 9.89. The molecule has 0 aliphatic carbocycles. The second kappa shape index (κ2) is 7.04. The number of carboxylic acid groups (broad SMARTS) is 1. The first-order valence-electron chi connectivity index (χ1n) is 8.38. The van der Waals surface area contributed by atoms with Crippen LogP contribution in [0.25, 0.3) is 0 Å². The molecule has 2 saturated heterocycles. The molecule has 2 fully saturated rings. The summed E-state index contributed by atoms with van der Waals surface area (Å²) in [5.74, 6) is -2.30. The van der Waals surface area contributed by atoms with Gasteiger partial charge in [-0.25, -0.2) is 0 Å². The van der Waals surface area contributed by atoms with Crippen LogP contribution in [-0.2, 0) is 14.4 Å². The molecule has 25 heavy (non-hydrogen) atoms. The Bertz CT molecular complexity index is 691. The molecule has 2 heterocycles. The van der Waals surface area contributed by atoms with Gasteiger partial charge in [-0.05, 0) is 24.1 Å². The van der Waals surface area contributed by atoms with E-state index < -0.39 is 11.9 Å². The van der Waals surface area contributed by atoms with Crippen LogP contribution in [0.2, 0.25) is 5.02 Å². The molecule has 2 amide bonds. The zero-order valence-electron chi connectivity index (χ0n) is 14.0. The standard InChI is InChI=1S/C18H21ClN2O4/c1-20-7-6-12(8-16(20)22)17(23)21-9-14(15(10-21)18(24)25)11-2-4-13(19)5-3-11/h2-5,12,14-15H,6-10H2,1H3,(H,24,25)/t12?,14-,15+/m0/s1. The molecule has 0 bridgehead atoms. The van der Waals surface area contributed by atoms with Crippen LogP contribution < -0.4 is 0 Å². The fourth-order valence-electron chi connectivity index (χ4n) is 3.69. The van der Waals surface area contributed by atoms with E-state index in [1.54, 1.807) is 29.0 Å². The largest absolute Gasteiger partial charge is 0.481 e. The molecule has 0 radical (unpaired) electrons. The summed E-state index contributed by atoms with van der Waals surface area (Å²) >= 11 is 5.91. The summed E-state index contributed by atoms with van der Waals surface area (Å²) in [5.41, 5.74) is 0.867. The van der Waals surface area contributed by atoms with Crippen molar-refractivity contribution in [3.63, 3.8) is 0 Å². The quantitative estimate of drug-likeness (QED) is 0.887. The van der Waals surface area contributed by atoms with Crippen LogP contribution >= 0.6 is 11.6 Å². The van der Waals surface area contributed by atoms with Gasteiger partial charge >= 0.3 is 5.97 Å². The first-order valence-corrected chi connectivity index (χ1v) is 8.75. The molecule has 3 atom stereocenters. The normalized spacial score (nSPS) is 26.8. The average molecular weight is 365 g/mol.